The molecule has 1 N–H and O–H groups in total. The highest BCUT2D eigenvalue weighted by molar-refractivity contribution is 8.00. The third kappa shape index (κ3) is 4.98. The fraction of sp³-hybridized carbons (Fsp3) is 0.462. The highest BCUT2D eigenvalue weighted by Crippen LogP contribution is 2.21. The number of aliphatic hydroxyl groups is 1. The van der Waals surface area contributed by atoms with E-state index in [9.17, 15) is 9.90 Å². The summed E-state index contributed by atoms with van der Waals surface area (Å²) in [4.78, 5) is 14.3. The lowest BCUT2D eigenvalue weighted by atomic mass is 10.3. The number of benzene rings is 1. The summed E-state index contributed by atoms with van der Waals surface area (Å²) in [6.07, 6.45) is -0.495. The predicted molar refractivity (Wildman–Crippen MR) is 73.0 cm³/mol. The molecule has 0 bridgehead atoms. The summed E-state index contributed by atoms with van der Waals surface area (Å²) in [5.74, 6) is 1.18. The van der Waals surface area contributed by atoms with Crippen molar-refractivity contribution in [2.24, 2.45) is 0 Å². The van der Waals surface area contributed by atoms with E-state index in [1.807, 2.05) is 24.3 Å². The van der Waals surface area contributed by atoms with Crippen molar-refractivity contribution >= 4 is 17.7 Å². The molecule has 1 amide bonds. The number of carbonyl (C=O) groups is 1. The molecule has 1 atom stereocenters. The number of aliphatic hydroxyl groups excluding tert-OH is 1. The Kier molecular flexibility index (Phi) is 6.01. The van der Waals surface area contributed by atoms with Crippen LogP contribution in [0, 0.1) is 0 Å². The molecule has 0 saturated carbocycles. The van der Waals surface area contributed by atoms with Gasteiger partial charge < -0.3 is 14.7 Å². The minimum Gasteiger partial charge on any atom is -0.497 e. The van der Waals surface area contributed by atoms with E-state index < -0.39 is 6.10 Å². The molecule has 0 saturated heterocycles. The van der Waals surface area contributed by atoms with Crippen molar-refractivity contribution in [3.8, 4) is 5.75 Å². The average Bonchev–Trinajstić information content (AvgIpc) is 2.35. The van der Waals surface area contributed by atoms with Gasteiger partial charge in [0.1, 0.15) is 5.75 Å². The topological polar surface area (TPSA) is 49.8 Å². The average molecular weight is 269 g/mol. The molecule has 5 heteroatoms. The molecule has 100 valence electrons. The zero-order chi connectivity index (χ0) is 13.5. The first kappa shape index (κ1) is 14.9. The number of thioether (sulfide) groups is 1. The number of carbonyl (C=O) groups excluding carboxylic acids is 1. The van der Waals surface area contributed by atoms with E-state index in [0.717, 1.165) is 10.6 Å². The van der Waals surface area contributed by atoms with Crippen molar-refractivity contribution in [1.29, 1.82) is 0 Å². The maximum Gasteiger partial charge on any atom is 0.232 e. The summed E-state index contributed by atoms with van der Waals surface area (Å²) in [7, 11) is 3.32. The van der Waals surface area contributed by atoms with Gasteiger partial charge in [0, 0.05) is 18.5 Å². The Morgan fingerprint density at radius 3 is 2.56 bits per heavy atom. The fourth-order valence-corrected chi connectivity index (χ4v) is 2.26. The van der Waals surface area contributed by atoms with Crippen molar-refractivity contribution in [3.63, 3.8) is 0 Å². The second kappa shape index (κ2) is 7.28. The lowest BCUT2D eigenvalue weighted by molar-refractivity contribution is -0.128. The Bertz CT molecular complexity index is 378. The summed E-state index contributed by atoms with van der Waals surface area (Å²) in [6, 6.07) is 7.58. The zero-order valence-electron chi connectivity index (χ0n) is 10.9. The van der Waals surface area contributed by atoms with E-state index >= 15 is 0 Å². The van der Waals surface area contributed by atoms with Crippen LogP contribution in [0.25, 0.3) is 0 Å². The maximum absolute atomic E-state index is 11.7. The largest absolute Gasteiger partial charge is 0.497 e. The highest BCUT2D eigenvalue weighted by Gasteiger charge is 2.11. The molecule has 1 aromatic carbocycles. The first-order valence-corrected chi connectivity index (χ1v) is 6.70. The molecule has 0 aliphatic heterocycles. The lowest BCUT2D eigenvalue weighted by Gasteiger charge is -2.18. The van der Waals surface area contributed by atoms with Gasteiger partial charge in [0.15, 0.2) is 0 Å². The second-order valence-electron chi connectivity index (χ2n) is 4.09. The van der Waals surface area contributed by atoms with Crippen LogP contribution in [-0.4, -0.2) is 48.5 Å². The molecule has 0 radical (unpaired) electrons. The van der Waals surface area contributed by atoms with Crippen LogP contribution in [0.5, 0.6) is 5.75 Å². The minimum absolute atomic E-state index is 0.0109. The summed E-state index contributed by atoms with van der Waals surface area (Å²) in [5.41, 5.74) is 0. The molecular formula is C13H19NO3S. The van der Waals surface area contributed by atoms with Crippen LogP contribution < -0.4 is 4.74 Å². The van der Waals surface area contributed by atoms with Gasteiger partial charge in [-0.05, 0) is 31.2 Å². The van der Waals surface area contributed by atoms with E-state index in [1.165, 1.54) is 11.8 Å². The van der Waals surface area contributed by atoms with Crippen LogP contribution in [-0.2, 0) is 4.79 Å². The van der Waals surface area contributed by atoms with Crippen LogP contribution in [0.1, 0.15) is 6.92 Å². The van der Waals surface area contributed by atoms with Crippen molar-refractivity contribution in [2.45, 2.75) is 17.9 Å². The van der Waals surface area contributed by atoms with E-state index in [4.69, 9.17) is 4.74 Å². The molecule has 18 heavy (non-hydrogen) atoms. The van der Waals surface area contributed by atoms with Crippen molar-refractivity contribution in [1.82, 2.24) is 4.90 Å². The van der Waals surface area contributed by atoms with Gasteiger partial charge in [-0.15, -0.1) is 11.8 Å². The maximum atomic E-state index is 11.7. The minimum atomic E-state index is -0.495. The monoisotopic (exact) mass is 269 g/mol. The fourth-order valence-electron chi connectivity index (χ4n) is 1.43. The summed E-state index contributed by atoms with van der Waals surface area (Å²) in [5, 5.41) is 9.20. The quantitative estimate of drug-likeness (QED) is 0.797. The molecule has 0 aromatic heterocycles. The highest BCUT2D eigenvalue weighted by atomic mass is 32.2. The van der Waals surface area contributed by atoms with Crippen LogP contribution in [0.4, 0.5) is 0 Å². The van der Waals surface area contributed by atoms with Crippen LogP contribution in [0.2, 0.25) is 0 Å². The SMILES string of the molecule is COc1ccc(SCC(=O)N(C)CC(C)O)cc1. The Labute approximate surface area is 112 Å². The van der Waals surface area contributed by atoms with Gasteiger partial charge in [-0.2, -0.15) is 0 Å². The van der Waals surface area contributed by atoms with Crippen LogP contribution in [0.3, 0.4) is 0 Å². The van der Waals surface area contributed by atoms with Gasteiger partial charge in [0.05, 0.1) is 19.0 Å². The van der Waals surface area contributed by atoms with Crippen molar-refractivity contribution < 1.29 is 14.6 Å². The number of likely N-dealkylation sites (N-methyl/N-ethyl adjacent to an activating group) is 1. The molecule has 0 aliphatic rings. The molecular weight excluding hydrogens is 250 g/mol. The molecule has 0 aliphatic carbocycles. The molecule has 0 fully saturated rings. The molecule has 4 nitrogen and oxygen atoms in total. The molecule has 1 unspecified atom stereocenters. The number of nitrogens with zero attached hydrogens (tertiary/aromatic N) is 1. The number of ether oxygens (including phenoxy) is 1. The first-order valence-electron chi connectivity index (χ1n) is 5.72. The van der Waals surface area contributed by atoms with E-state index in [1.54, 1.807) is 26.0 Å². The third-order valence-corrected chi connectivity index (χ3v) is 3.38. The first-order chi connectivity index (χ1) is 8.52. The van der Waals surface area contributed by atoms with Gasteiger partial charge >= 0.3 is 0 Å². The molecule has 1 aromatic rings. The van der Waals surface area contributed by atoms with Gasteiger partial charge in [-0.25, -0.2) is 0 Å². The Hall–Kier alpha value is -1.20. The number of hydrogen-bond donors (Lipinski definition) is 1. The second-order valence-corrected chi connectivity index (χ2v) is 5.14. The third-order valence-electron chi connectivity index (χ3n) is 2.39. The molecule has 0 heterocycles. The van der Waals surface area contributed by atoms with Gasteiger partial charge in [-0.3, -0.25) is 4.79 Å². The Balaban J connectivity index is 2.41. The van der Waals surface area contributed by atoms with E-state index in [0.29, 0.717) is 12.3 Å². The van der Waals surface area contributed by atoms with E-state index in [2.05, 4.69) is 0 Å². The predicted octanol–water partition coefficient (Wildman–Crippen LogP) is 1.63. The summed E-state index contributed by atoms with van der Waals surface area (Å²) < 4.78 is 5.06. The zero-order valence-corrected chi connectivity index (χ0v) is 11.7. The lowest BCUT2D eigenvalue weighted by Crippen LogP contribution is -2.34. The normalized spacial score (nSPS) is 12.0. The smallest absolute Gasteiger partial charge is 0.232 e. The van der Waals surface area contributed by atoms with Gasteiger partial charge in [0.25, 0.3) is 0 Å². The number of methoxy groups -OCH3 is 1. The summed E-state index contributed by atoms with van der Waals surface area (Å²) in [6.45, 7) is 2.03. The van der Waals surface area contributed by atoms with Crippen LogP contribution >= 0.6 is 11.8 Å². The van der Waals surface area contributed by atoms with Crippen LogP contribution in [0.15, 0.2) is 29.2 Å². The standard InChI is InChI=1S/C13H19NO3S/c1-10(15)8-14(2)13(16)9-18-12-6-4-11(17-3)5-7-12/h4-7,10,15H,8-9H2,1-3H3. The summed E-state index contributed by atoms with van der Waals surface area (Å²) >= 11 is 1.47. The molecule has 1 rings (SSSR count). The van der Waals surface area contributed by atoms with Crippen molar-refractivity contribution in [2.75, 3.05) is 26.5 Å². The van der Waals surface area contributed by atoms with Crippen molar-refractivity contribution in [3.05, 3.63) is 24.3 Å². The Morgan fingerprint density at radius 1 is 1.44 bits per heavy atom. The molecule has 0 spiro atoms. The van der Waals surface area contributed by atoms with Gasteiger partial charge in [-0.1, -0.05) is 0 Å². The Morgan fingerprint density at radius 2 is 2.06 bits per heavy atom. The number of amides is 1. The number of rotatable bonds is 6. The van der Waals surface area contributed by atoms with E-state index in [-0.39, 0.29) is 5.91 Å². The number of hydrogen-bond acceptors (Lipinski definition) is 4. The van der Waals surface area contributed by atoms with Gasteiger partial charge in [0.2, 0.25) is 5.91 Å².